The minimum absolute atomic E-state index is 0.119. The van der Waals surface area contributed by atoms with E-state index in [0.29, 0.717) is 11.3 Å². The van der Waals surface area contributed by atoms with E-state index in [0.717, 1.165) is 11.1 Å². The van der Waals surface area contributed by atoms with Gasteiger partial charge in [0.1, 0.15) is 0 Å². The fraction of sp³-hybridized carbons (Fsp3) is 0.143. The summed E-state index contributed by atoms with van der Waals surface area (Å²) in [5.41, 5.74) is 2.94. The van der Waals surface area contributed by atoms with E-state index in [2.05, 4.69) is 10.6 Å². The standard InChI is InChI=1S/C21H20N2O3/c1-14-10-11-17(13-18(14)23-21(25)19-9-6-12-26-19)20(24)22-15(2)16-7-4-3-5-8-16/h3-13,15H,1-2H3,(H,22,24)(H,23,25)/t15-/m1/s1. The van der Waals surface area contributed by atoms with Crippen molar-refractivity contribution in [3.8, 4) is 0 Å². The summed E-state index contributed by atoms with van der Waals surface area (Å²) in [4.78, 5) is 24.7. The maximum Gasteiger partial charge on any atom is 0.291 e. The first-order chi connectivity index (χ1) is 12.5. The topological polar surface area (TPSA) is 71.3 Å². The second kappa shape index (κ2) is 7.70. The number of carbonyl (C=O) groups is 2. The van der Waals surface area contributed by atoms with Crippen molar-refractivity contribution in [2.45, 2.75) is 19.9 Å². The van der Waals surface area contributed by atoms with Crippen LogP contribution in [0.3, 0.4) is 0 Å². The van der Waals surface area contributed by atoms with Crippen LogP contribution in [-0.4, -0.2) is 11.8 Å². The quantitative estimate of drug-likeness (QED) is 0.721. The molecule has 0 aliphatic heterocycles. The molecule has 2 amide bonds. The van der Waals surface area contributed by atoms with Gasteiger partial charge in [-0.25, -0.2) is 0 Å². The van der Waals surface area contributed by atoms with E-state index in [1.807, 2.05) is 44.2 Å². The molecule has 0 saturated carbocycles. The summed E-state index contributed by atoms with van der Waals surface area (Å²) in [6.07, 6.45) is 1.44. The van der Waals surface area contributed by atoms with E-state index in [9.17, 15) is 9.59 Å². The molecule has 0 unspecified atom stereocenters. The average molecular weight is 348 g/mol. The molecule has 0 spiro atoms. The van der Waals surface area contributed by atoms with Crippen LogP contribution in [-0.2, 0) is 0 Å². The van der Waals surface area contributed by atoms with Gasteiger partial charge in [-0.15, -0.1) is 0 Å². The molecule has 132 valence electrons. The van der Waals surface area contributed by atoms with E-state index in [1.54, 1.807) is 30.3 Å². The van der Waals surface area contributed by atoms with Crippen LogP contribution in [0.2, 0.25) is 0 Å². The molecule has 2 N–H and O–H groups in total. The zero-order valence-electron chi connectivity index (χ0n) is 14.7. The Hall–Kier alpha value is -3.34. The molecule has 5 heteroatoms. The number of carbonyl (C=O) groups excluding carboxylic acids is 2. The fourth-order valence-corrected chi connectivity index (χ4v) is 2.59. The van der Waals surface area contributed by atoms with Gasteiger partial charge in [-0.1, -0.05) is 36.4 Å². The SMILES string of the molecule is Cc1ccc(C(=O)N[C@H](C)c2ccccc2)cc1NC(=O)c1ccco1. The van der Waals surface area contributed by atoms with Gasteiger partial charge in [-0.3, -0.25) is 9.59 Å². The third-order valence-corrected chi connectivity index (χ3v) is 4.14. The van der Waals surface area contributed by atoms with Crippen molar-refractivity contribution in [3.63, 3.8) is 0 Å². The normalized spacial score (nSPS) is 11.6. The van der Waals surface area contributed by atoms with Gasteiger partial charge in [0.05, 0.1) is 12.3 Å². The van der Waals surface area contributed by atoms with E-state index in [1.165, 1.54) is 6.26 Å². The molecule has 0 aliphatic carbocycles. The molecule has 0 aliphatic rings. The second-order valence-corrected chi connectivity index (χ2v) is 6.07. The third-order valence-electron chi connectivity index (χ3n) is 4.14. The van der Waals surface area contributed by atoms with Gasteiger partial charge >= 0.3 is 0 Å². The zero-order chi connectivity index (χ0) is 18.5. The molecular formula is C21H20N2O3. The van der Waals surface area contributed by atoms with Crippen LogP contribution in [0, 0.1) is 6.92 Å². The average Bonchev–Trinajstić information content (AvgIpc) is 3.19. The first-order valence-electron chi connectivity index (χ1n) is 8.36. The number of hydrogen-bond acceptors (Lipinski definition) is 3. The summed E-state index contributed by atoms with van der Waals surface area (Å²) in [5, 5.41) is 5.75. The Kier molecular flexibility index (Phi) is 5.17. The van der Waals surface area contributed by atoms with Crippen molar-refractivity contribution in [1.29, 1.82) is 0 Å². The molecule has 1 aromatic heterocycles. The maximum atomic E-state index is 12.6. The Bertz CT molecular complexity index is 902. The highest BCUT2D eigenvalue weighted by atomic mass is 16.3. The van der Waals surface area contributed by atoms with E-state index >= 15 is 0 Å². The van der Waals surface area contributed by atoms with Gasteiger partial charge in [0.15, 0.2) is 5.76 Å². The van der Waals surface area contributed by atoms with Crippen molar-refractivity contribution < 1.29 is 14.0 Å². The minimum Gasteiger partial charge on any atom is -0.459 e. The molecule has 1 heterocycles. The Labute approximate surface area is 152 Å². The Morgan fingerprint density at radius 3 is 2.42 bits per heavy atom. The molecule has 2 aromatic carbocycles. The lowest BCUT2D eigenvalue weighted by atomic mass is 10.1. The molecule has 0 radical (unpaired) electrons. The number of hydrogen-bond donors (Lipinski definition) is 2. The van der Waals surface area contributed by atoms with Crippen LogP contribution in [0.5, 0.6) is 0 Å². The van der Waals surface area contributed by atoms with Gasteiger partial charge in [0.2, 0.25) is 0 Å². The summed E-state index contributed by atoms with van der Waals surface area (Å²) < 4.78 is 5.10. The van der Waals surface area contributed by atoms with Gasteiger partial charge in [-0.05, 0) is 49.2 Å². The predicted octanol–water partition coefficient (Wildman–Crippen LogP) is 4.33. The molecule has 1 atom stereocenters. The molecule has 3 rings (SSSR count). The molecule has 26 heavy (non-hydrogen) atoms. The smallest absolute Gasteiger partial charge is 0.291 e. The van der Waals surface area contributed by atoms with Gasteiger partial charge in [0, 0.05) is 11.3 Å². The molecule has 0 fully saturated rings. The number of furan rings is 1. The highest BCUT2D eigenvalue weighted by molar-refractivity contribution is 6.04. The van der Waals surface area contributed by atoms with Crippen molar-refractivity contribution in [3.05, 3.63) is 89.4 Å². The van der Waals surface area contributed by atoms with Crippen LogP contribution >= 0.6 is 0 Å². The lowest BCUT2D eigenvalue weighted by molar-refractivity contribution is 0.0938. The first-order valence-corrected chi connectivity index (χ1v) is 8.36. The van der Waals surface area contributed by atoms with E-state index in [4.69, 9.17) is 4.42 Å². The van der Waals surface area contributed by atoms with E-state index < -0.39 is 0 Å². The molecule has 3 aromatic rings. The molecule has 0 bridgehead atoms. The number of nitrogens with one attached hydrogen (secondary N) is 2. The lowest BCUT2D eigenvalue weighted by Gasteiger charge is -2.15. The fourth-order valence-electron chi connectivity index (χ4n) is 2.59. The number of rotatable bonds is 5. The van der Waals surface area contributed by atoms with Crippen molar-refractivity contribution >= 4 is 17.5 Å². The largest absolute Gasteiger partial charge is 0.459 e. The summed E-state index contributed by atoms with van der Waals surface area (Å²) in [7, 11) is 0. The maximum absolute atomic E-state index is 12.6. The van der Waals surface area contributed by atoms with Gasteiger partial charge in [0.25, 0.3) is 11.8 Å². The monoisotopic (exact) mass is 348 g/mol. The van der Waals surface area contributed by atoms with Crippen molar-refractivity contribution in [1.82, 2.24) is 5.32 Å². The van der Waals surface area contributed by atoms with Crippen LogP contribution in [0.4, 0.5) is 5.69 Å². The van der Waals surface area contributed by atoms with Gasteiger partial charge < -0.3 is 15.1 Å². The minimum atomic E-state index is -0.353. The highest BCUT2D eigenvalue weighted by Gasteiger charge is 2.15. The van der Waals surface area contributed by atoms with Crippen LogP contribution in [0.1, 0.15) is 45.0 Å². The van der Waals surface area contributed by atoms with Crippen LogP contribution in [0.15, 0.2) is 71.3 Å². The number of aryl methyl sites for hydroxylation is 1. The number of anilines is 1. The first kappa shape index (κ1) is 17.5. The summed E-state index contributed by atoms with van der Waals surface area (Å²) in [5.74, 6) is -0.333. The van der Waals surface area contributed by atoms with Gasteiger partial charge in [-0.2, -0.15) is 0 Å². The van der Waals surface area contributed by atoms with E-state index in [-0.39, 0.29) is 23.6 Å². The van der Waals surface area contributed by atoms with Crippen LogP contribution in [0.25, 0.3) is 0 Å². The lowest BCUT2D eigenvalue weighted by Crippen LogP contribution is -2.26. The van der Waals surface area contributed by atoms with Crippen LogP contribution < -0.4 is 10.6 Å². The molecular weight excluding hydrogens is 328 g/mol. The Balaban J connectivity index is 1.74. The number of amides is 2. The predicted molar refractivity (Wildman–Crippen MR) is 100 cm³/mol. The summed E-state index contributed by atoms with van der Waals surface area (Å²) >= 11 is 0. The Morgan fingerprint density at radius 2 is 1.73 bits per heavy atom. The summed E-state index contributed by atoms with van der Waals surface area (Å²) in [6.45, 7) is 3.80. The third kappa shape index (κ3) is 4.00. The van der Waals surface area contributed by atoms with Crippen molar-refractivity contribution in [2.75, 3.05) is 5.32 Å². The Morgan fingerprint density at radius 1 is 0.962 bits per heavy atom. The second-order valence-electron chi connectivity index (χ2n) is 6.07. The zero-order valence-corrected chi connectivity index (χ0v) is 14.7. The highest BCUT2D eigenvalue weighted by Crippen LogP contribution is 2.19. The van der Waals surface area contributed by atoms with Crippen molar-refractivity contribution in [2.24, 2.45) is 0 Å². The molecule has 0 saturated heterocycles. The summed E-state index contributed by atoms with van der Waals surface area (Å²) in [6, 6.07) is 18.1. The molecule has 5 nitrogen and oxygen atoms in total. The number of benzene rings is 2.